The molecule has 1 amide bonds. The van der Waals surface area contributed by atoms with Gasteiger partial charge < -0.3 is 5.32 Å². The molecule has 2 nitrogen and oxygen atoms in total. The summed E-state index contributed by atoms with van der Waals surface area (Å²) in [6, 6.07) is 0. The molecule has 2 unspecified atom stereocenters. The van der Waals surface area contributed by atoms with Crippen LogP contribution in [0.25, 0.3) is 0 Å². The van der Waals surface area contributed by atoms with Crippen LogP contribution in [0.5, 0.6) is 0 Å². The first-order chi connectivity index (χ1) is 4.05. The topological polar surface area (TPSA) is 29.1 Å². The maximum Gasteiger partial charge on any atom is 0.257 e. The van der Waals surface area contributed by atoms with Crippen molar-refractivity contribution in [3.8, 4) is 0 Å². The average Bonchev–Trinajstić information content (AvgIpc) is 1.96. The van der Waals surface area contributed by atoms with Crippen LogP contribution in [0.15, 0.2) is 0 Å². The number of carbonyl (C=O) groups is 1. The van der Waals surface area contributed by atoms with Crippen LogP contribution >= 0.6 is 0 Å². The molecule has 0 spiro atoms. The van der Waals surface area contributed by atoms with E-state index in [2.05, 4.69) is 5.32 Å². The van der Waals surface area contributed by atoms with Gasteiger partial charge in [-0.1, -0.05) is 6.92 Å². The van der Waals surface area contributed by atoms with Crippen molar-refractivity contribution in [3.05, 3.63) is 0 Å². The Balaban J connectivity index is 2.78. The molecule has 1 aliphatic heterocycles. The van der Waals surface area contributed by atoms with Crippen molar-refractivity contribution in [2.45, 2.75) is 19.5 Å². The Bertz CT molecular complexity index is 144. The fraction of sp³-hybridized carbons (Fsp3) is 0.833. The van der Waals surface area contributed by atoms with Gasteiger partial charge in [0.25, 0.3) is 5.91 Å². The van der Waals surface area contributed by atoms with Crippen molar-refractivity contribution in [2.24, 2.45) is 5.92 Å². The summed E-state index contributed by atoms with van der Waals surface area (Å²) in [6.45, 7) is 3.50. The van der Waals surface area contributed by atoms with Gasteiger partial charge in [-0.2, -0.15) is 0 Å². The minimum absolute atomic E-state index is 0.190. The summed E-state index contributed by atoms with van der Waals surface area (Å²) < 4.78 is 13.0. The second-order valence-corrected chi connectivity index (χ2v) is 2.69. The maximum atomic E-state index is 13.0. The molecule has 3 heteroatoms. The van der Waals surface area contributed by atoms with Crippen LogP contribution in [0.3, 0.4) is 0 Å². The fourth-order valence-corrected chi connectivity index (χ4v) is 0.834. The highest BCUT2D eigenvalue weighted by molar-refractivity contribution is 5.87. The molecule has 1 saturated heterocycles. The maximum absolute atomic E-state index is 13.0. The summed E-state index contributed by atoms with van der Waals surface area (Å²) in [5.41, 5.74) is -1.64. The Morgan fingerprint density at radius 3 is 2.56 bits per heavy atom. The molecule has 0 radical (unpaired) electrons. The molecule has 0 bridgehead atoms. The quantitative estimate of drug-likeness (QED) is 0.509. The zero-order valence-corrected chi connectivity index (χ0v) is 5.57. The highest BCUT2D eigenvalue weighted by Gasteiger charge is 2.44. The molecule has 1 rings (SSSR count). The minimum Gasteiger partial charge on any atom is -0.353 e. The lowest BCUT2D eigenvalue weighted by Gasteiger charge is -2.13. The Hall–Kier alpha value is -0.600. The second-order valence-electron chi connectivity index (χ2n) is 2.69. The van der Waals surface area contributed by atoms with Crippen molar-refractivity contribution in [2.75, 3.05) is 6.54 Å². The number of hydrogen-bond donors (Lipinski definition) is 1. The Kier molecular flexibility index (Phi) is 1.22. The normalized spacial score (nSPS) is 43.0. The molecule has 9 heavy (non-hydrogen) atoms. The van der Waals surface area contributed by atoms with Crippen molar-refractivity contribution in [1.82, 2.24) is 5.32 Å². The lowest BCUT2D eigenvalue weighted by Crippen LogP contribution is -2.33. The molecule has 2 atom stereocenters. The van der Waals surface area contributed by atoms with E-state index in [-0.39, 0.29) is 5.92 Å². The standard InChI is InChI=1S/C6H10FNO/c1-4-3-8-5(9)6(4,2)7/h4H,3H2,1-2H3,(H,8,9). The lowest BCUT2D eigenvalue weighted by molar-refractivity contribution is -0.129. The van der Waals surface area contributed by atoms with E-state index in [1.165, 1.54) is 6.92 Å². The Labute approximate surface area is 53.4 Å². The van der Waals surface area contributed by atoms with Crippen molar-refractivity contribution in [1.29, 1.82) is 0 Å². The van der Waals surface area contributed by atoms with Gasteiger partial charge in [0.05, 0.1) is 0 Å². The zero-order chi connectivity index (χ0) is 7.07. The summed E-state index contributed by atoms with van der Waals surface area (Å²) in [4.78, 5) is 10.6. The number of nitrogens with one attached hydrogen (secondary N) is 1. The van der Waals surface area contributed by atoms with Gasteiger partial charge >= 0.3 is 0 Å². The summed E-state index contributed by atoms with van der Waals surface area (Å²) in [6.07, 6.45) is 0. The number of halogens is 1. The highest BCUT2D eigenvalue weighted by atomic mass is 19.1. The van der Waals surface area contributed by atoms with Gasteiger partial charge in [0, 0.05) is 12.5 Å². The molecule has 1 heterocycles. The van der Waals surface area contributed by atoms with E-state index in [9.17, 15) is 9.18 Å². The van der Waals surface area contributed by atoms with Gasteiger partial charge in [-0.05, 0) is 6.92 Å². The molecule has 52 valence electrons. The van der Waals surface area contributed by atoms with Crippen LogP contribution in [-0.4, -0.2) is 18.1 Å². The molecule has 0 aromatic heterocycles. The van der Waals surface area contributed by atoms with Crippen LogP contribution in [0.2, 0.25) is 0 Å². The first-order valence-electron chi connectivity index (χ1n) is 3.02. The lowest BCUT2D eigenvalue weighted by atomic mass is 9.97. The van der Waals surface area contributed by atoms with E-state index >= 15 is 0 Å². The molecule has 1 fully saturated rings. The third-order valence-electron chi connectivity index (χ3n) is 1.94. The highest BCUT2D eigenvalue weighted by Crippen LogP contribution is 2.25. The van der Waals surface area contributed by atoms with Gasteiger partial charge in [-0.15, -0.1) is 0 Å². The number of carbonyl (C=O) groups excluding carboxylic acids is 1. The van der Waals surface area contributed by atoms with E-state index in [0.29, 0.717) is 6.54 Å². The van der Waals surface area contributed by atoms with Crippen LogP contribution in [0, 0.1) is 5.92 Å². The van der Waals surface area contributed by atoms with Crippen molar-refractivity contribution in [3.63, 3.8) is 0 Å². The largest absolute Gasteiger partial charge is 0.353 e. The predicted molar refractivity (Wildman–Crippen MR) is 31.7 cm³/mol. The zero-order valence-electron chi connectivity index (χ0n) is 5.57. The number of alkyl halides is 1. The number of rotatable bonds is 0. The third kappa shape index (κ3) is 0.802. The summed E-state index contributed by atoms with van der Waals surface area (Å²) in [5.74, 6) is -0.667. The van der Waals surface area contributed by atoms with Gasteiger partial charge in [-0.25, -0.2) is 4.39 Å². The SMILES string of the molecule is CC1CNC(=O)C1(C)F. The second kappa shape index (κ2) is 1.69. The first kappa shape index (κ1) is 6.52. The molecule has 0 aromatic rings. The van der Waals surface area contributed by atoms with E-state index in [1.807, 2.05) is 0 Å². The van der Waals surface area contributed by atoms with Gasteiger partial charge in [0.2, 0.25) is 0 Å². The number of amides is 1. The Morgan fingerprint density at radius 2 is 2.44 bits per heavy atom. The van der Waals surface area contributed by atoms with Crippen molar-refractivity contribution >= 4 is 5.91 Å². The molecular formula is C6H10FNO. The summed E-state index contributed by atoms with van der Waals surface area (Å²) in [7, 11) is 0. The minimum atomic E-state index is -1.64. The average molecular weight is 131 g/mol. The monoisotopic (exact) mass is 131 g/mol. The van der Waals surface area contributed by atoms with Crippen LogP contribution < -0.4 is 5.32 Å². The summed E-state index contributed by atoms with van der Waals surface area (Å²) in [5, 5.41) is 2.45. The molecule has 1 aliphatic rings. The van der Waals surface area contributed by atoms with Gasteiger partial charge in [0.15, 0.2) is 5.67 Å². The van der Waals surface area contributed by atoms with E-state index < -0.39 is 11.6 Å². The van der Waals surface area contributed by atoms with E-state index in [0.717, 1.165) is 0 Å². The van der Waals surface area contributed by atoms with Crippen LogP contribution in [0.1, 0.15) is 13.8 Å². The summed E-state index contributed by atoms with van der Waals surface area (Å²) >= 11 is 0. The van der Waals surface area contributed by atoms with Gasteiger partial charge in [0.1, 0.15) is 0 Å². The van der Waals surface area contributed by atoms with Gasteiger partial charge in [-0.3, -0.25) is 4.79 Å². The molecule has 0 saturated carbocycles. The van der Waals surface area contributed by atoms with E-state index in [4.69, 9.17) is 0 Å². The molecule has 0 aliphatic carbocycles. The molecule has 1 N–H and O–H groups in total. The van der Waals surface area contributed by atoms with Crippen LogP contribution in [-0.2, 0) is 4.79 Å². The predicted octanol–water partition coefficient (Wildman–Crippen LogP) is 0.481. The third-order valence-corrected chi connectivity index (χ3v) is 1.94. The van der Waals surface area contributed by atoms with Crippen molar-refractivity contribution < 1.29 is 9.18 Å². The van der Waals surface area contributed by atoms with Crippen LogP contribution in [0.4, 0.5) is 4.39 Å². The molecule has 0 aromatic carbocycles. The number of hydrogen-bond acceptors (Lipinski definition) is 1. The Morgan fingerprint density at radius 1 is 1.89 bits per heavy atom. The fourth-order valence-electron chi connectivity index (χ4n) is 0.834. The van der Waals surface area contributed by atoms with E-state index in [1.54, 1.807) is 6.92 Å². The smallest absolute Gasteiger partial charge is 0.257 e. The molecular weight excluding hydrogens is 121 g/mol. The first-order valence-corrected chi connectivity index (χ1v) is 3.02.